The number of carbonyl (C=O) groups excluding carboxylic acids is 1. The predicted molar refractivity (Wildman–Crippen MR) is 89.1 cm³/mol. The highest BCUT2D eigenvalue weighted by molar-refractivity contribution is 6.05. The van der Waals surface area contributed by atoms with Gasteiger partial charge in [-0.1, -0.05) is 50.3 Å². The number of hydrogen-bond donors (Lipinski definition) is 2. The van der Waals surface area contributed by atoms with E-state index in [-0.39, 0.29) is 5.91 Å². The number of benzene rings is 2. The van der Waals surface area contributed by atoms with E-state index in [1.54, 1.807) is 12.1 Å². The molecule has 0 atom stereocenters. The summed E-state index contributed by atoms with van der Waals surface area (Å²) in [5, 5.41) is 2.81. The molecule has 2 aromatic carbocycles. The molecule has 0 aromatic heterocycles. The Bertz CT molecular complexity index is 643. The van der Waals surface area contributed by atoms with Crippen LogP contribution in [-0.2, 0) is 0 Å². The second-order valence-electron chi connectivity index (χ2n) is 5.27. The van der Waals surface area contributed by atoms with Crippen molar-refractivity contribution < 1.29 is 4.79 Å². The van der Waals surface area contributed by atoms with Crippen molar-refractivity contribution in [1.82, 2.24) is 0 Å². The van der Waals surface area contributed by atoms with Gasteiger partial charge in [0, 0.05) is 5.56 Å². The van der Waals surface area contributed by atoms with E-state index in [4.69, 9.17) is 5.73 Å². The molecule has 1 amide bonds. The molecule has 3 nitrogen and oxygen atoms in total. The lowest BCUT2D eigenvalue weighted by molar-refractivity contribution is 0.102. The summed E-state index contributed by atoms with van der Waals surface area (Å²) in [7, 11) is 0. The molecule has 0 spiro atoms. The minimum Gasteiger partial charge on any atom is -0.397 e. The zero-order valence-corrected chi connectivity index (χ0v) is 12.3. The largest absolute Gasteiger partial charge is 0.397 e. The number of carbonyl (C=O) groups is 1. The van der Waals surface area contributed by atoms with Gasteiger partial charge in [-0.25, -0.2) is 0 Å². The van der Waals surface area contributed by atoms with E-state index in [2.05, 4.69) is 31.3 Å². The van der Waals surface area contributed by atoms with Crippen molar-refractivity contribution in [2.24, 2.45) is 5.92 Å². The maximum atomic E-state index is 12.2. The first-order valence-corrected chi connectivity index (χ1v) is 7.00. The molecule has 0 heterocycles. The Morgan fingerprint density at radius 3 is 2.38 bits per heavy atom. The molecule has 0 unspecified atom stereocenters. The summed E-state index contributed by atoms with van der Waals surface area (Å²) in [5.41, 5.74) is 8.70. The molecule has 3 N–H and O–H groups in total. The number of hydrogen-bond acceptors (Lipinski definition) is 2. The average Bonchev–Trinajstić information content (AvgIpc) is 2.48. The third-order valence-corrected chi connectivity index (χ3v) is 3.06. The minimum atomic E-state index is -0.160. The molecule has 0 saturated heterocycles. The summed E-state index contributed by atoms with van der Waals surface area (Å²) >= 11 is 0. The van der Waals surface area contributed by atoms with Crippen molar-refractivity contribution in [3.63, 3.8) is 0 Å². The fraction of sp³-hybridized carbons (Fsp3) is 0.167. The van der Waals surface area contributed by atoms with Crippen LogP contribution in [0.3, 0.4) is 0 Å². The number of nitrogens with two attached hydrogens (primary N) is 1. The van der Waals surface area contributed by atoms with Crippen LogP contribution in [0.25, 0.3) is 6.08 Å². The van der Waals surface area contributed by atoms with E-state index in [1.807, 2.05) is 36.4 Å². The van der Waals surface area contributed by atoms with Gasteiger partial charge in [-0.2, -0.15) is 0 Å². The molecule has 0 fully saturated rings. The molecule has 0 aliphatic rings. The fourth-order valence-corrected chi connectivity index (χ4v) is 1.85. The molecule has 2 aromatic rings. The van der Waals surface area contributed by atoms with Crippen molar-refractivity contribution >= 4 is 23.4 Å². The lowest BCUT2D eigenvalue weighted by Crippen LogP contribution is -2.12. The van der Waals surface area contributed by atoms with Crippen molar-refractivity contribution in [3.8, 4) is 0 Å². The number of rotatable bonds is 4. The smallest absolute Gasteiger partial charge is 0.255 e. The Morgan fingerprint density at radius 1 is 1.10 bits per heavy atom. The molecule has 108 valence electrons. The maximum absolute atomic E-state index is 12.2. The number of nitrogens with one attached hydrogen (secondary N) is 1. The molecule has 0 bridgehead atoms. The van der Waals surface area contributed by atoms with Gasteiger partial charge in [0.05, 0.1) is 11.4 Å². The molecular weight excluding hydrogens is 260 g/mol. The molecular formula is C18H20N2O. The van der Waals surface area contributed by atoms with Crippen molar-refractivity contribution in [3.05, 3.63) is 65.7 Å². The van der Waals surface area contributed by atoms with E-state index in [1.165, 1.54) is 0 Å². The summed E-state index contributed by atoms with van der Waals surface area (Å²) in [6.45, 7) is 4.26. The van der Waals surface area contributed by atoms with Gasteiger partial charge in [-0.05, 0) is 35.7 Å². The van der Waals surface area contributed by atoms with E-state index < -0.39 is 0 Å². The molecule has 0 aliphatic heterocycles. The molecule has 2 rings (SSSR count). The Morgan fingerprint density at radius 2 is 1.76 bits per heavy atom. The summed E-state index contributed by atoms with van der Waals surface area (Å²) in [4.78, 5) is 12.2. The SMILES string of the molecule is CC(C)/C=C/c1ccc(C(=O)Nc2ccccc2N)cc1. The third kappa shape index (κ3) is 4.21. The molecule has 0 radical (unpaired) electrons. The summed E-state index contributed by atoms with van der Waals surface area (Å²) in [6, 6.07) is 14.7. The van der Waals surface area contributed by atoms with Gasteiger partial charge < -0.3 is 11.1 Å². The van der Waals surface area contributed by atoms with E-state index in [9.17, 15) is 4.79 Å². The van der Waals surface area contributed by atoms with E-state index >= 15 is 0 Å². The van der Waals surface area contributed by atoms with E-state index in [0.29, 0.717) is 22.9 Å². The lowest BCUT2D eigenvalue weighted by atomic mass is 10.1. The first-order chi connectivity index (χ1) is 10.1. The van der Waals surface area contributed by atoms with Crippen LogP contribution in [-0.4, -0.2) is 5.91 Å². The Kier molecular flexibility index (Phi) is 4.77. The highest BCUT2D eigenvalue weighted by atomic mass is 16.1. The number of allylic oxidation sites excluding steroid dienone is 1. The van der Waals surface area contributed by atoms with Crippen LogP contribution >= 0.6 is 0 Å². The van der Waals surface area contributed by atoms with Crippen LogP contribution in [0.2, 0.25) is 0 Å². The molecule has 0 aliphatic carbocycles. The van der Waals surface area contributed by atoms with Crippen molar-refractivity contribution in [2.45, 2.75) is 13.8 Å². The summed E-state index contributed by atoms with van der Waals surface area (Å²) in [5.74, 6) is 0.348. The van der Waals surface area contributed by atoms with Gasteiger partial charge in [0.2, 0.25) is 0 Å². The van der Waals surface area contributed by atoms with Gasteiger partial charge in [0.25, 0.3) is 5.91 Å². The zero-order chi connectivity index (χ0) is 15.2. The van der Waals surface area contributed by atoms with Crippen molar-refractivity contribution in [2.75, 3.05) is 11.1 Å². The Labute approximate surface area is 125 Å². The third-order valence-electron chi connectivity index (χ3n) is 3.06. The normalized spacial score (nSPS) is 11.0. The quantitative estimate of drug-likeness (QED) is 0.825. The van der Waals surface area contributed by atoms with Crippen LogP contribution in [0.15, 0.2) is 54.6 Å². The fourth-order valence-electron chi connectivity index (χ4n) is 1.85. The Balaban J connectivity index is 2.08. The predicted octanol–water partition coefficient (Wildman–Crippen LogP) is 4.19. The van der Waals surface area contributed by atoms with Crippen molar-refractivity contribution in [1.29, 1.82) is 0 Å². The zero-order valence-electron chi connectivity index (χ0n) is 12.3. The molecule has 0 saturated carbocycles. The highest BCUT2D eigenvalue weighted by Gasteiger charge is 2.07. The second-order valence-corrected chi connectivity index (χ2v) is 5.27. The second kappa shape index (κ2) is 6.75. The monoisotopic (exact) mass is 280 g/mol. The van der Waals surface area contributed by atoms with Gasteiger partial charge in [-0.3, -0.25) is 4.79 Å². The van der Waals surface area contributed by atoms with Crippen LogP contribution in [0.1, 0.15) is 29.8 Å². The number of nitrogen functional groups attached to an aromatic ring is 1. The first kappa shape index (κ1) is 14.9. The van der Waals surface area contributed by atoms with Crippen LogP contribution in [0, 0.1) is 5.92 Å². The van der Waals surface area contributed by atoms with Crippen LogP contribution in [0.4, 0.5) is 11.4 Å². The van der Waals surface area contributed by atoms with Gasteiger partial charge in [-0.15, -0.1) is 0 Å². The lowest BCUT2D eigenvalue weighted by Gasteiger charge is -2.08. The summed E-state index contributed by atoms with van der Waals surface area (Å²) in [6.07, 6.45) is 4.18. The van der Waals surface area contributed by atoms with Crippen LogP contribution < -0.4 is 11.1 Å². The number of para-hydroxylation sites is 2. The highest BCUT2D eigenvalue weighted by Crippen LogP contribution is 2.18. The number of amides is 1. The molecule has 21 heavy (non-hydrogen) atoms. The molecule has 3 heteroatoms. The van der Waals surface area contributed by atoms with Gasteiger partial charge in [0.1, 0.15) is 0 Å². The van der Waals surface area contributed by atoms with Crippen LogP contribution in [0.5, 0.6) is 0 Å². The standard InChI is InChI=1S/C18H20N2O/c1-13(2)7-8-14-9-11-15(12-10-14)18(21)20-17-6-4-3-5-16(17)19/h3-13H,19H2,1-2H3,(H,20,21)/b8-7+. The maximum Gasteiger partial charge on any atom is 0.255 e. The first-order valence-electron chi connectivity index (χ1n) is 7.00. The topological polar surface area (TPSA) is 55.1 Å². The minimum absolute atomic E-state index is 0.160. The Hall–Kier alpha value is -2.55. The number of anilines is 2. The van der Waals surface area contributed by atoms with E-state index in [0.717, 1.165) is 5.56 Å². The summed E-state index contributed by atoms with van der Waals surface area (Å²) < 4.78 is 0. The van der Waals surface area contributed by atoms with Gasteiger partial charge >= 0.3 is 0 Å². The van der Waals surface area contributed by atoms with Gasteiger partial charge in [0.15, 0.2) is 0 Å². The average molecular weight is 280 g/mol.